The van der Waals surface area contributed by atoms with Crippen molar-refractivity contribution in [1.29, 1.82) is 0 Å². The molecule has 0 saturated heterocycles. The summed E-state index contributed by atoms with van der Waals surface area (Å²) in [5.41, 5.74) is 0.968. The summed E-state index contributed by atoms with van der Waals surface area (Å²) < 4.78 is 19.5. The van der Waals surface area contributed by atoms with Crippen molar-refractivity contribution in [3.05, 3.63) is 64.4 Å². The molecule has 0 aliphatic heterocycles. The molecule has 2 aromatic rings. The van der Waals surface area contributed by atoms with E-state index in [1.54, 1.807) is 25.3 Å². The van der Waals surface area contributed by atoms with Gasteiger partial charge in [0.2, 0.25) is 11.8 Å². The van der Waals surface area contributed by atoms with Crippen molar-refractivity contribution in [3.8, 4) is 5.75 Å². The summed E-state index contributed by atoms with van der Waals surface area (Å²) in [6.45, 7) is 6.58. The normalized spacial score (nSPS) is 11.8. The van der Waals surface area contributed by atoms with E-state index in [-0.39, 0.29) is 41.3 Å². The van der Waals surface area contributed by atoms with Crippen LogP contribution in [0.2, 0.25) is 5.02 Å². The molecule has 1 N–H and O–H groups in total. The fourth-order valence-corrected chi connectivity index (χ4v) is 3.45. The van der Waals surface area contributed by atoms with Crippen LogP contribution in [0.1, 0.15) is 38.3 Å². The molecule has 0 unspecified atom stereocenters. The molecule has 7 heteroatoms. The van der Waals surface area contributed by atoms with Gasteiger partial charge in [0.25, 0.3) is 0 Å². The topological polar surface area (TPSA) is 58.6 Å². The molecular formula is C24H30ClFN2O3. The van der Waals surface area contributed by atoms with E-state index in [1.807, 2.05) is 32.9 Å². The van der Waals surface area contributed by atoms with Crippen molar-refractivity contribution in [1.82, 2.24) is 10.2 Å². The van der Waals surface area contributed by atoms with Crippen LogP contribution in [-0.2, 0) is 22.6 Å². The van der Waals surface area contributed by atoms with Gasteiger partial charge in [-0.15, -0.1) is 0 Å². The fourth-order valence-electron chi connectivity index (χ4n) is 3.22. The van der Waals surface area contributed by atoms with Gasteiger partial charge in [-0.3, -0.25) is 9.59 Å². The van der Waals surface area contributed by atoms with E-state index < -0.39 is 11.9 Å². The molecule has 0 aliphatic carbocycles. The Morgan fingerprint density at radius 2 is 1.84 bits per heavy atom. The van der Waals surface area contributed by atoms with E-state index in [4.69, 9.17) is 16.3 Å². The van der Waals surface area contributed by atoms with Gasteiger partial charge in [0.1, 0.15) is 17.6 Å². The van der Waals surface area contributed by atoms with Gasteiger partial charge < -0.3 is 15.0 Å². The van der Waals surface area contributed by atoms with Crippen molar-refractivity contribution in [3.63, 3.8) is 0 Å². The number of carbonyl (C=O) groups excluding carboxylic acids is 2. The number of ether oxygens (including phenoxy) is 1. The van der Waals surface area contributed by atoms with Crippen LogP contribution in [0.15, 0.2) is 42.5 Å². The van der Waals surface area contributed by atoms with Gasteiger partial charge >= 0.3 is 0 Å². The Hall–Kier alpha value is -2.60. The van der Waals surface area contributed by atoms with Gasteiger partial charge in [-0.25, -0.2) is 4.39 Å². The molecule has 0 spiro atoms. The second-order valence-electron chi connectivity index (χ2n) is 7.81. The third-order valence-corrected chi connectivity index (χ3v) is 5.33. The Morgan fingerprint density at radius 1 is 1.16 bits per heavy atom. The molecule has 0 aliphatic rings. The highest BCUT2D eigenvalue weighted by Crippen LogP contribution is 2.22. The highest BCUT2D eigenvalue weighted by Gasteiger charge is 2.29. The molecule has 2 aromatic carbocycles. The predicted octanol–water partition coefficient (Wildman–Crippen LogP) is 4.61. The van der Waals surface area contributed by atoms with Crippen molar-refractivity contribution in [2.75, 3.05) is 13.7 Å². The third-order valence-electron chi connectivity index (χ3n) is 4.97. The molecule has 0 aromatic heterocycles. The molecule has 1 atom stereocenters. The molecular weight excluding hydrogens is 419 g/mol. The minimum atomic E-state index is -0.682. The van der Waals surface area contributed by atoms with Gasteiger partial charge in [0.15, 0.2) is 0 Å². The van der Waals surface area contributed by atoms with Crippen molar-refractivity contribution in [2.24, 2.45) is 5.92 Å². The first-order chi connectivity index (χ1) is 14.8. The lowest BCUT2D eigenvalue weighted by atomic mass is 10.1. The number of amides is 2. The number of nitrogens with one attached hydrogen (secondary N) is 1. The number of methoxy groups -OCH3 is 1. The summed E-state index contributed by atoms with van der Waals surface area (Å²) in [4.78, 5) is 27.7. The van der Waals surface area contributed by atoms with Crippen LogP contribution in [0.5, 0.6) is 5.75 Å². The zero-order chi connectivity index (χ0) is 23.0. The van der Waals surface area contributed by atoms with E-state index in [9.17, 15) is 14.0 Å². The number of nitrogens with zero attached hydrogens (tertiary/aromatic N) is 1. The minimum Gasteiger partial charge on any atom is -0.497 e. The Kier molecular flexibility index (Phi) is 9.31. The Balaban J connectivity index is 2.32. The highest BCUT2D eigenvalue weighted by molar-refractivity contribution is 6.31. The number of halogens is 2. The SMILES string of the molecule is CC[C@H](C(=O)NCC(C)C)N(Cc1ccc(OC)cc1)C(=O)Cc1c(F)cccc1Cl. The van der Waals surface area contributed by atoms with Crippen LogP contribution < -0.4 is 10.1 Å². The summed E-state index contributed by atoms with van der Waals surface area (Å²) in [5, 5.41) is 3.10. The molecule has 0 saturated carbocycles. The highest BCUT2D eigenvalue weighted by atomic mass is 35.5. The second kappa shape index (κ2) is 11.7. The van der Waals surface area contributed by atoms with Crippen molar-refractivity contribution >= 4 is 23.4 Å². The maximum absolute atomic E-state index is 14.3. The van der Waals surface area contributed by atoms with E-state index in [2.05, 4.69) is 5.32 Å². The van der Waals surface area contributed by atoms with Crippen molar-refractivity contribution in [2.45, 2.75) is 46.2 Å². The summed E-state index contributed by atoms with van der Waals surface area (Å²) in [5.74, 6) is -0.152. The second-order valence-corrected chi connectivity index (χ2v) is 8.22. The van der Waals surface area contributed by atoms with Crippen LogP contribution in [0.3, 0.4) is 0 Å². The first-order valence-corrected chi connectivity index (χ1v) is 10.8. The van der Waals surface area contributed by atoms with Gasteiger partial charge in [-0.05, 0) is 42.2 Å². The molecule has 0 heterocycles. The number of rotatable bonds is 10. The maximum Gasteiger partial charge on any atom is 0.242 e. The van der Waals surface area contributed by atoms with Gasteiger partial charge in [0, 0.05) is 23.7 Å². The number of carbonyl (C=O) groups is 2. The smallest absolute Gasteiger partial charge is 0.242 e. The first-order valence-electron chi connectivity index (χ1n) is 10.4. The molecule has 2 amide bonds. The average molecular weight is 449 g/mol. The zero-order valence-corrected chi connectivity index (χ0v) is 19.2. The first kappa shape index (κ1) is 24.7. The number of benzene rings is 2. The molecule has 2 rings (SSSR count). The summed E-state index contributed by atoms with van der Waals surface area (Å²) in [6.07, 6.45) is 0.201. The zero-order valence-electron chi connectivity index (χ0n) is 18.5. The van der Waals surface area contributed by atoms with E-state index in [1.165, 1.54) is 17.0 Å². The van der Waals surface area contributed by atoms with Crippen molar-refractivity contribution < 1.29 is 18.7 Å². The standard InChI is InChI=1S/C24H30ClFN2O3/c1-5-22(24(30)27-14-16(2)3)28(15-17-9-11-18(31-4)12-10-17)23(29)13-19-20(25)7-6-8-21(19)26/h6-12,16,22H,5,13-15H2,1-4H3,(H,27,30)/t22-/m1/s1. The van der Waals surface area contributed by atoms with Gasteiger partial charge in [0.05, 0.1) is 13.5 Å². The minimum absolute atomic E-state index is 0.131. The summed E-state index contributed by atoms with van der Waals surface area (Å²) >= 11 is 6.13. The molecule has 31 heavy (non-hydrogen) atoms. The van der Waals surface area contributed by atoms with Crippen LogP contribution >= 0.6 is 11.6 Å². The lowest BCUT2D eigenvalue weighted by Crippen LogP contribution is -2.50. The van der Waals surface area contributed by atoms with Gasteiger partial charge in [-0.2, -0.15) is 0 Å². The monoisotopic (exact) mass is 448 g/mol. The third kappa shape index (κ3) is 6.96. The van der Waals surface area contributed by atoms with Crippen LogP contribution in [0.4, 0.5) is 4.39 Å². The largest absolute Gasteiger partial charge is 0.497 e. The van der Waals surface area contributed by atoms with E-state index in [0.717, 1.165) is 5.56 Å². The molecule has 0 bridgehead atoms. The molecule has 5 nitrogen and oxygen atoms in total. The number of hydrogen-bond donors (Lipinski definition) is 1. The Bertz CT molecular complexity index is 867. The fraction of sp³-hybridized carbons (Fsp3) is 0.417. The average Bonchev–Trinajstić information content (AvgIpc) is 2.75. The van der Waals surface area contributed by atoms with Gasteiger partial charge in [-0.1, -0.05) is 50.6 Å². The van der Waals surface area contributed by atoms with Crippen LogP contribution in [-0.4, -0.2) is 36.4 Å². The lowest BCUT2D eigenvalue weighted by Gasteiger charge is -2.31. The van der Waals surface area contributed by atoms with Crippen LogP contribution in [0.25, 0.3) is 0 Å². The quantitative estimate of drug-likeness (QED) is 0.577. The van der Waals surface area contributed by atoms with E-state index in [0.29, 0.717) is 18.7 Å². The summed E-state index contributed by atoms with van der Waals surface area (Å²) in [7, 11) is 1.58. The lowest BCUT2D eigenvalue weighted by molar-refractivity contribution is -0.141. The Labute approximate surface area is 188 Å². The Morgan fingerprint density at radius 3 is 2.39 bits per heavy atom. The number of hydrogen-bond acceptors (Lipinski definition) is 3. The van der Waals surface area contributed by atoms with E-state index >= 15 is 0 Å². The van der Waals surface area contributed by atoms with Crippen LogP contribution in [0, 0.1) is 11.7 Å². The molecule has 0 radical (unpaired) electrons. The molecule has 168 valence electrons. The molecule has 0 fully saturated rings. The maximum atomic E-state index is 14.3. The summed E-state index contributed by atoms with van der Waals surface area (Å²) in [6, 6.07) is 10.9. The predicted molar refractivity (Wildman–Crippen MR) is 121 cm³/mol.